The summed E-state index contributed by atoms with van der Waals surface area (Å²) in [6.45, 7) is 4.54. The Morgan fingerprint density at radius 3 is 1.89 bits per heavy atom. The first-order valence-electron chi connectivity index (χ1n) is 5.60. The van der Waals surface area contributed by atoms with Crippen molar-refractivity contribution in [2.45, 2.75) is 26.7 Å². The largest absolute Gasteiger partial charge is 0.299 e. The Bertz CT molecular complexity index is 464. The zero-order valence-corrected chi connectivity index (χ0v) is 10.5. The average molecular weight is 249 g/mol. The van der Waals surface area contributed by atoms with Crippen LogP contribution in [0.3, 0.4) is 0 Å². The highest BCUT2D eigenvalue weighted by Crippen LogP contribution is 2.27. The summed E-state index contributed by atoms with van der Waals surface area (Å²) in [5.41, 5.74) is 0.740. The minimum absolute atomic E-state index is 0.00634. The van der Waals surface area contributed by atoms with Crippen LogP contribution in [-0.4, -0.2) is 16.5 Å². The standard InChI is InChI=1S/C13H15NO4/c1-8(13(9(2)15)10(3)16)11-4-6-12(7-5-11)14(17)18/h4-8,13H,1-3H3. The summed E-state index contributed by atoms with van der Waals surface area (Å²) >= 11 is 0. The smallest absolute Gasteiger partial charge is 0.269 e. The van der Waals surface area contributed by atoms with Gasteiger partial charge in [-0.2, -0.15) is 0 Å². The first-order valence-corrected chi connectivity index (χ1v) is 5.60. The SMILES string of the molecule is CC(=O)C(C(C)=O)C(C)c1ccc([N+](=O)[O-])cc1. The Labute approximate surface area is 105 Å². The van der Waals surface area contributed by atoms with Crippen LogP contribution in [0.5, 0.6) is 0 Å². The molecule has 0 bridgehead atoms. The average Bonchev–Trinajstić information content (AvgIpc) is 2.28. The number of nitro benzene ring substituents is 1. The Kier molecular flexibility index (Phi) is 4.31. The minimum atomic E-state index is -0.688. The predicted molar refractivity (Wildman–Crippen MR) is 66.4 cm³/mol. The second-order valence-corrected chi connectivity index (χ2v) is 4.34. The molecule has 1 unspecified atom stereocenters. The molecule has 5 heteroatoms. The number of benzene rings is 1. The van der Waals surface area contributed by atoms with E-state index < -0.39 is 10.8 Å². The van der Waals surface area contributed by atoms with E-state index in [9.17, 15) is 19.7 Å². The van der Waals surface area contributed by atoms with Crippen LogP contribution in [0, 0.1) is 16.0 Å². The molecule has 0 aliphatic heterocycles. The second-order valence-electron chi connectivity index (χ2n) is 4.34. The van der Waals surface area contributed by atoms with E-state index in [1.54, 1.807) is 19.1 Å². The Morgan fingerprint density at radius 2 is 1.56 bits per heavy atom. The molecule has 0 saturated heterocycles. The zero-order chi connectivity index (χ0) is 13.9. The van der Waals surface area contributed by atoms with Gasteiger partial charge in [-0.1, -0.05) is 19.1 Å². The lowest BCUT2D eigenvalue weighted by atomic mass is 9.83. The van der Waals surface area contributed by atoms with E-state index in [2.05, 4.69) is 0 Å². The predicted octanol–water partition coefficient (Wildman–Crippen LogP) is 2.49. The fraction of sp³-hybridized carbons (Fsp3) is 0.385. The lowest BCUT2D eigenvalue weighted by molar-refractivity contribution is -0.384. The molecule has 0 amide bonds. The number of nitro groups is 1. The Balaban J connectivity index is 3.02. The second kappa shape index (κ2) is 5.53. The molecular formula is C13H15NO4. The van der Waals surface area contributed by atoms with Gasteiger partial charge < -0.3 is 0 Å². The van der Waals surface area contributed by atoms with Crippen molar-refractivity contribution in [1.29, 1.82) is 0 Å². The first-order chi connectivity index (χ1) is 8.34. The highest BCUT2D eigenvalue weighted by molar-refractivity contribution is 6.01. The zero-order valence-electron chi connectivity index (χ0n) is 10.5. The van der Waals surface area contributed by atoms with Crippen LogP contribution in [-0.2, 0) is 9.59 Å². The molecule has 1 atom stereocenters. The summed E-state index contributed by atoms with van der Waals surface area (Å²) in [7, 11) is 0. The molecule has 1 rings (SSSR count). The van der Waals surface area contributed by atoms with Crippen molar-refractivity contribution >= 4 is 17.3 Å². The number of rotatable bonds is 5. The van der Waals surface area contributed by atoms with Gasteiger partial charge in [-0.05, 0) is 25.3 Å². The van der Waals surface area contributed by atoms with Gasteiger partial charge in [-0.25, -0.2) is 0 Å². The third-order valence-electron chi connectivity index (χ3n) is 3.01. The summed E-state index contributed by atoms with van der Waals surface area (Å²) in [5, 5.41) is 10.5. The molecule has 1 aromatic rings. The van der Waals surface area contributed by atoms with Crippen LogP contribution < -0.4 is 0 Å². The van der Waals surface area contributed by atoms with E-state index in [0.717, 1.165) is 5.56 Å². The molecule has 1 aromatic carbocycles. The molecule has 0 aromatic heterocycles. The lowest BCUT2D eigenvalue weighted by Crippen LogP contribution is -2.25. The third-order valence-corrected chi connectivity index (χ3v) is 3.01. The van der Waals surface area contributed by atoms with E-state index >= 15 is 0 Å². The molecule has 0 radical (unpaired) electrons. The summed E-state index contributed by atoms with van der Waals surface area (Å²) in [6, 6.07) is 5.93. The van der Waals surface area contributed by atoms with Gasteiger partial charge in [0, 0.05) is 12.1 Å². The summed E-state index contributed by atoms with van der Waals surface area (Å²) in [6.07, 6.45) is 0. The van der Waals surface area contributed by atoms with E-state index in [1.165, 1.54) is 26.0 Å². The van der Waals surface area contributed by atoms with Crippen molar-refractivity contribution < 1.29 is 14.5 Å². The molecule has 0 aliphatic rings. The van der Waals surface area contributed by atoms with Crippen molar-refractivity contribution in [2.24, 2.45) is 5.92 Å². The van der Waals surface area contributed by atoms with E-state index in [1.807, 2.05) is 0 Å². The van der Waals surface area contributed by atoms with Gasteiger partial charge in [0.05, 0.1) is 10.8 Å². The molecule has 0 N–H and O–H groups in total. The maximum absolute atomic E-state index is 11.4. The number of Topliss-reactive ketones (excluding diaryl/α,β-unsaturated/α-hetero) is 2. The van der Waals surface area contributed by atoms with Crippen molar-refractivity contribution in [3.63, 3.8) is 0 Å². The summed E-state index contributed by atoms with van der Waals surface area (Å²) in [5.74, 6) is -1.34. The third kappa shape index (κ3) is 3.00. The highest BCUT2D eigenvalue weighted by atomic mass is 16.6. The van der Waals surface area contributed by atoms with Crippen LogP contribution in [0.25, 0.3) is 0 Å². The number of nitrogens with zero attached hydrogens (tertiary/aromatic N) is 1. The monoisotopic (exact) mass is 249 g/mol. The topological polar surface area (TPSA) is 77.3 Å². The highest BCUT2D eigenvalue weighted by Gasteiger charge is 2.27. The van der Waals surface area contributed by atoms with Gasteiger partial charge in [-0.15, -0.1) is 0 Å². The van der Waals surface area contributed by atoms with E-state index in [0.29, 0.717) is 0 Å². The van der Waals surface area contributed by atoms with Crippen LogP contribution in [0.4, 0.5) is 5.69 Å². The molecule has 96 valence electrons. The fourth-order valence-electron chi connectivity index (χ4n) is 2.08. The molecule has 0 aliphatic carbocycles. The number of ketones is 2. The first kappa shape index (κ1) is 14.0. The summed E-state index contributed by atoms with van der Waals surface area (Å²) in [4.78, 5) is 32.9. The van der Waals surface area contributed by atoms with E-state index in [-0.39, 0.29) is 23.2 Å². The lowest BCUT2D eigenvalue weighted by Gasteiger charge is -2.19. The maximum atomic E-state index is 11.4. The molecule has 0 heterocycles. The normalized spacial score (nSPS) is 12.2. The van der Waals surface area contributed by atoms with Gasteiger partial charge >= 0.3 is 0 Å². The van der Waals surface area contributed by atoms with Gasteiger partial charge in [-0.3, -0.25) is 19.7 Å². The van der Waals surface area contributed by atoms with Crippen LogP contribution >= 0.6 is 0 Å². The van der Waals surface area contributed by atoms with Crippen molar-refractivity contribution in [3.05, 3.63) is 39.9 Å². The number of carbonyl (C=O) groups excluding carboxylic acids is 2. The molecule has 18 heavy (non-hydrogen) atoms. The Morgan fingerprint density at radius 1 is 1.11 bits per heavy atom. The number of hydrogen-bond donors (Lipinski definition) is 0. The Hall–Kier alpha value is -2.04. The number of hydrogen-bond acceptors (Lipinski definition) is 4. The number of non-ortho nitro benzene ring substituents is 1. The molecule has 5 nitrogen and oxygen atoms in total. The molecular weight excluding hydrogens is 234 g/mol. The molecule has 0 fully saturated rings. The molecule has 0 saturated carbocycles. The quantitative estimate of drug-likeness (QED) is 0.456. The van der Waals surface area contributed by atoms with Crippen LogP contribution in [0.1, 0.15) is 32.3 Å². The van der Waals surface area contributed by atoms with Crippen molar-refractivity contribution in [2.75, 3.05) is 0 Å². The summed E-state index contributed by atoms with van der Waals surface area (Å²) < 4.78 is 0. The van der Waals surface area contributed by atoms with Crippen molar-refractivity contribution in [3.8, 4) is 0 Å². The van der Waals surface area contributed by atoms with Crippen LogP contribution in [0.15, 0.2) is 24.3 Å². The van der Waals surface area contributed by atoms with Gasteiger partial charge in [0.2, 0.25) is 0 Å². The fourth-order valence-corrected chi connectivity index (χ4v) is 2.08. The minimum Gasteiger partial charge on any atom is -0.299 e. The van der Waals surface area contributed by atoms with Crippen molar-refractivity contribution in [1.82, 2.24) is 0 Å². The van der Waals surface area contributed by atoms with Crippen LogP contribution in [0.2, 0.25) is 0 Å². The van der Waals surface area contributed by atoms with Gasteiger partial charge in [0.1, 0.15) is 11.6 Å². The number of carbonyl (C=O) groups is 2. The van der Waals surface area contributed by atoms with Gasteiger partial charge in [0.15, 0.2) is 0 Å². The molecule has 0 spiro atoms. The van der Waals surface area contributed by atoms with Gasteiger partial charge in [0.25, 0.3) is 5.69 Å². The maximum Gasteiger partial charge on any atom is 0.269 e. The van der Waals surface area contributed by atoms with E-state index in [4.69, 9.17) is 0 Å².